The molecule has 0 atom stereocenters. The highest BCUT2D eigenvalue weighted by atomic mass is 35.5. The second-order valence-corrected chi connectivity index (χ2v) is 8.39. The van der Waals surface area contributed by atoms with Crippen LogP contribution in [-0.4, -0.2) is 25.7 Å². The number of halogens is 1. The molecule has 8 nitrogen and oxygen atoms in total. The topological polar surface area (TPSA) is 97.9 Å². The van der Waals surface area contributed by atoms with Gasteiger partial charge in [-0.1, -0.05) is 64.8 Å². The van der Waals surface area contributed by atoms with E-state index in [0.29, 0.717) is 40.4 Å². The predicted octanol–water partition coefficient (Wildman–Crippen LogP) is 6.25. The van der Waals surface area contributed by atoms with Crippen molar-refractivity contribution >= 4 is 29.0 Å². The van der Waals surface area contributed by atoms with Crippen molar-refractivity contribution in [2.75, 3.05) is 10.6 Å². The summed E-state index contributed by atoms with van der Waals surface area (Å²) in [6.07, 6.45) is 3.58. The van der Waals surface area contributed by atoms with Crippen molar-refractivity contribution in [1.82, 2.24) is 19.7 Å². The molecule has 0 aliphatic rings. The Kier molecular flexibility index (Phi) is 6.28. The minimum absolute atomic E-state index is 0.365. The third kappa shape index (κ3) is 5.39. The summed E-state index contributed by atoms with van der Waals surface area (Å²) >= 11 is 6.08. The molecule has 5 rings (SSSR count). The Hall–Kier alpha value is -4.43. The molecular formula is C26H21ClN6O2. The van der Waals surface area contributed by atoms with E-state index in [1.54, 1.807) is 30.6 Å². The van der Waals surface area contributed by atoms with Crippen LogP contribution in [0.1, 0.15) is 11.1 Å². The second-order valence-electron chi connectivity index (χ2n) is 7.98. The smallest absolute Gasteiger partial charge is 0.323 e. The fourth-order valence-electron chi connectivity index (χ4n) is 3.54. The van der Waals surface area contributed by atoms with Gasteiger partial charge in [-0.3, -0.25) is 0 Å². The summed E-state index contributed by atoms with van der Waals surface area (Å²) in [5, 5.41) is 10.1. The van der Waals surface area contributed by atoms with Crippen molar-refractivity contribution in [2.24, 2.45) is 0 Å². The van der Waals surface area contributed by atoms with Crippen LogP contribution in [-0.2, 0) is 6.54 Å². The number of benzene rings is 3. The SMILES string of the molecule is Cc1cccc(-c2noc(-c3cn(Cc4ccc(NC(=O)Nc5ccccc5Cl)cc4)cn3)n2)c1. The Bertz CT molecular complexity index is 1480. The Morgan fingerprint density at radius 2 is 1.86 bits per heavy atom. The molecule has 174 valence electrons. The van der Waals surface area contributed by atoms with E-state index >= 15 is 0 Å². The number of anilines is 2. The van der Waals surface area contributed by atoms with Gasteiger partial charge in [0.2, 0.25) is 5.82 Å². The zero-order valence-electron chi connectivity index (χ0n) is 18.8. The first kappa shape index (κ1) is 22.4. The van der Waals surface area contributed by atoms with Gasteiger partial charge in [0, 0.05) is 24.0 Å². The zero-order valence-corrected chi connectivity index (χ0v) is 19.5. The number of para-hydroxylation sites is 1. The van der Waals surface area contributed by atoms with E-state index in [9.17, 15) is 4.79 Å². The average molecular weight is 485 g/mol. The maximum atomic E-state index is 12.2. The minimum atomic E-state index is -0.366. The lowest BCUT2D eigenvalue weighted by Gasteiger charge is -2.09. The highest BCUT2D eigenvalue weighted by Crippen LogP contribution is 2.23. The highest BCUT2D eigenvalue weighted by Gasteiger charge is 2.13. The van der Waals surface area contributed by atoms with Gasteiger partial charge in [0.1, 0.15) is 5.69 Å². The Morgan fingerprint density at radius 1 is 1.03 bits per heavy atom. The molecule has 2 aromatic heterocycles. The lowest BCUT2D eigenvalue weighted by molar-refractivity contribution is 0.262. The van der Waals surface area contributed by atoms with Crippen LogP contribution in [0.2, 0.25) is 5.02 Å². The summed E-state index contributed by atoms with van der Waals surface area (Å²) in [5.41, 5.74) is 4.88. The van der Waals surface area contributed by atoms with Crippen LogP contribution in [0.5, 0.6) is 0 Å². The van der Waals surface area contributed by atoms with Crippen LogP contribution in [0.15, 0.2) is 89.8 Å². The summed E-state index contributed by atoms with van der Waals surface area (Å²) in [4.78, 5) is 21.1. The molecule has 9 heteroatoms. The van der Waals surface area contributed by atoms with Gasteiger partial charge in [-0.15, -0.1) is 0 Å². The second kappa shape index (κ2) is 9.82. The van der Waals surface area contributed by atoms with Gasteiger partial charge < -0.3 is 19.7 Å². The van der Waals surface area contributed by atoms with Gasteiger partial charge in [0.05, 0.1) is 17.0 Å². The molecule has 2 N–H and O–H groups in total. The van der Waals surface area contributed by atoms with Gasteiger partial charge in [-0.2, -0.15) is 4.98 Å². The maximum Gasteiger partial charge on any atom is 0.323 e. The van der Waals surface area contributed by atoms with Crippen LogP contribution in [0, 0.1) is 6.92 Å². The molecule has 3 aromatic carbocycles. The lowest BCUT2D eigenvalue weighted by atomic mass is 10.1. The molecule has 5 aromatic rings. The van der Waals surface area contributed by atoms with Crippen molar-refractivity contribution in [3.63, 3.8) is 0 Å². The number of nitrogens with zero attached hydrogens (tertiary/aromatic N) is 4. The number of amides is 2. The van der Waals surface area contributed by atoms with Crippen LogP contribution >= 0.6 is 11.6 Å². The largest absolute Gasteiger partial charge is 0.332 e. The number of hydrogen-bond donors (Lipinski definition) is 2. The first-order valence-electron chi connectivity index (χ1n) is 10.9. The molecule has 2 amide bonds. The lowest BCUT2D eigenvalue weighted by Crippen LogP contribution is -2.19. The molecule has 0 bridgehead atoms. The first-order valence-corrected chi connectivity index (χ1v) is 11.3. The number of nitrogens with one attached hydrogen (secondary N) is 2. The van der Waals surface area contributed by atoms with Gasteiger partial charge in [0.25, 0.3) is 5.89 Å². The van der Waals surface area contributed by atoms with Crippen LogP contribution in [0.25, 0.3) is 23.0 Å². The summed E-state index contributed by atoms with van der Waals surface area (Å²) < 4.78 is 7.35. The molecule has 2 heterocycles. The van der Waals surface area contributed by atoms with Crippen molar-refractivity contribution < 1.29 is 9.32 Å². The monoisotopic (exact) mass is 484 g/mol. The molecule has 0 aliphatic heterocycles. The van der Waals surface area contributed by atoms with E-state index in [-0.39, 0.29) is 6.03 Å². The number of hydrogen-bond acceptors (Lipinski definition) is 5. The number of carbonyl (C=O) groups is 1. The fraction of sp³-hybridized carbons (Fsp3) is 0.0769. The Balaban J connectivity index is 1.21. The summed E-state index contributed by atoms with van der Waals surface area (Å²) in [6, 6.07) is 22.2. The number of carbonyl (C=O) groups excluding carboxylic acids is 1. The van der Waals surface area contributed by atoms with Gasteiger partial charge in [0.15, 0.2) is 0 Å². The zero-order chi connectivity index (χ0) is 24.2. The number of urea groups is 1. The highest BCUT2D eigenvalue weighted by molar-refractivity contribution is 6.33. The van der Waals surface area contributed by atoms with Crippen molar-refractivity contribution in [3.8, 4) is 23.0 Å². The maximum absolute atomic E-state index is 12.2. The van der Waals surface area contributed by atoms with E-state index < -0.39 is 0 Å². The predicted molar refractivity (Wildman–Crippen MR) is 135 cm³/mol. The molecule has 0 radical (unpaired) electrons. The third-order valence-electron chi connectivity index (χ3n) is 5.25. The van der Waals surface area contributed by atoms with Gasteiger partial charge >= 0.3 is 6.03 Å². The van der Waals surface area contributed by atoms with Gasteiger partial charge in [-0.05, 0) is 42.8 Å². The van der Waals surface area contributed by atoms with Crippen molar-refractivity contribution in [2.45, 2.75) is 13.5 Å². The molecule has 0 spiro atoms. The molecule has 35 heavy (non-hydrogen) atoms. The molecule has 0 saturated heterocycles. The number of aryl methyl sites for hydroxylation is 1. The number of aromatic nitrogens is 4. The van der Waals surface area contributed by atoms with E-state index in [1.165, 1.54) is 0 Å². The molecule has 0 saturated carbocycles. The van der Waals surface area contributed by atoms with Crippen LogP contribution in [0.4, 0.5) is 16.2 Å². The normalized spacial score (nSPS) is 10.8. The van der Waals surface area contributed by atoms with Crippen LogP contribution < -0.4 is 10.6 Å². The van der Waals surface area contributed by atoms with Crippen molar-refractivity contribution in [3.05, 3.63) is 101 Å². The Morgan fingerprint density at radius 3 is 2.66 bits per heavy atom. The third-order valence-corrected chi connectivity index (χ3v) is 5.58. The van der Waals surface area contributed by atoms with E-state index in [0.717, 1.165) is 16.7 Å². The van der Waals surface area contributed by atoms with Gasteiger partial charge in [-0.25, -0.2) is 9.78 Å². The van der Waals surface area contributed by atoms with E-state index in [4.69, 9.17) is 16.1 Å². The summed E-state index contributed by atoms with van der Waals surface area (Å²) in [7, 11) is 0. The quantitative estimate of drug-likeness (QED) is 0.296. The fourth-order valence-corrected chi connectivity index (χ4v) is 3.72. The number of rotatable bonds is 6. The first-order chi connectivity index (χ1) is 17.0. The molecule has 0 aliphatic carbocycles. The standard InChI is InChI=1S/C26H21ClN6O2/c1-17-5-4-6-19(13-17)24-31-25(35-32-24)23-15-33(16-28-23)14-18-9-11-20(12-10-18)29-26(34)30-22-8-3-2-7-21(22)27/h2-13,15-16H,14H2,1H3,(H2,29,30,34). The van der Waals surface area contributed by atoms with Crippen LogP contribution in [0.3, 0.4) is 0 Å². The average Bonchev–Trinajstić information content (AvgIpc) is 3.52. The van der Waals surface area contributed by atoms with E-state index in [1.807, 2.05) is 66.2 Å². The Labute approximate surface area is 206 Å². The molecular weight excluding hydrogens is 464 g/mol. The minimum Gasteiger partial charge on any atom is -0.332 e. The summed E-state index contributed by atoms with van der Waals surface area (Å²) in [6.45, 7) is 2.61. The van der Waals surface area contributed by atoms with E-state index in [2.05, 4.69) is 25.8 Å². The molecule has 0 fully saturated rings. The van der Waals surface area contributed by atoms with Crippen molar-refractivity contribution in [1.29, 1.82) is 0 Å². The summed E-state index contributed by atoms with van der Waals surface area (Å²) in [5.74, 6) is 0.893. The number of imidazole rings is 1. The molecule has 0 unspecified atom stereocenters.